The first-order chi connectivity index (χ1) is 14.1. The maximum atomic E-state index is 14.0. The molecule has 0 atom stereocenters. The van der Waals surface area contributed by atoms with Crippen molar-refractivity contribution in [2.24, 2.45) is 0 Å². The molecule has 0 aromatic heterocycles. The van der Waals surface area contributed by atoms with E-state index < -0.39 is 5.97 Å². The molecule has 1 N–H and O–H groups in total. The Morgan fingerprint density at radius 1 is 0.862 bits per heavy atom. The normalized spacial score (nSPS) is 10.8. The zero-order valence-electron chi connectivity index (χ0n) is 15.6. The van der Waals surface area contributed by atoms with Gasteiger partial charge in [-0.05, 0) is 45.7 Å². The van der Waals surface area contributed by atoms with Gasteiger partial charge in [-0.1, -0.05) is 66.7 Å². The Morgan fingerprint density at radius 3 is 2.41 bits per heavy atom. The van der Waals surface area contributed by atoms with Crippen LogP contribution in [0.4, 0.5) is 4.39 Å². The van der Waals surface area contributed by atoms with E-state index in [-0.39, 0.29) is 23.7 Å². The third kappa shape index (κ3) is 4.11. The van der Waals surface area contributed by atoms with E-state index in [2.05, 4.69) is 0 Å². The molecule has 144 valence electrons. The second-order valence-corrected chi connectivity index (χ2v) is 6.83. The van der Waals surface area contributed by atoms with Crippen LogP contribution in [0.5, 0.6) is 5.75 Å². The summed E-state index contributed by atoms with van der Waals surface area (Å²) in [6, 6.07) is 25.4. The van der Waals surface area contributed by atoms with Gasteiger partial charge in [0.2, 0.25) is 0 Å². The van der Waals surface area contributed by atoms with Gasteiger partial charge in [-0.25, -0.2) is 9.18 Å². The van der Waals surface area contributed by atoms with Crippen molar-refractivity contribution in [3.05, 3.63) is 113 Å². The molecule has 0 amide bonds. The summed E-state index contributed by atoms with van der Waals surface area (Å²) in [5.41, 5.74) is 2.39. The summed E-state index contributed by atoms with van der Waals surface area (Å²) in [4.78, 5) is 11.6. The second kappa shape index (κ2) is 8.15. The lowest BCUT2D eigenvalue weighted by Crippen LogP contribution is -2.05. The van der Waals surface area contributed by atoms with Crippen molar-refractivity contribution >= 4 is 16.7 Å². The summed E-state index contributed by atoms with van der Waals surface area (Å²) in [5, 5.41) is 11.7. The molecular weight excluding hydrogens is 367 g/mol. The number of ether oxygens (including phenoxy) is 1. The lowest BCUT2D eigenvalue weighted by Gasteiger charge is -2.13. The van der Waals surface area contributed by atoms with Crippen LogP contribution in [0, 0.1) is 5.82 Å². The SMILES string of the molecule is O=C(O)c1ccc(Cc2ccccc2F)cc1OCc1cccc2ccccc12. The fourth-order valence-corrected chi connectivity index (χ4v) is 3.41. The molecule has 0 bridgehead atoms. The molecule has 0 spiro atoms. The fraction of sp³-hybridized carbons (Fsp3) is 0.0800. The number of carboxylic acids is 1. The average Bonchev–Trinajstić information content (AvgIpc) is 2.74. The van der Waals surface area contributed by atoms with Gasteiger partial charge >= 0.3 is 5.97 Å². The molecule has 3 nitrogen and oxygen atoms in total. The maximum Gasteiger partial charge on any atom is 0.339 e. The Hall–Kier alpha value is -3.66. The molecular formula is C25H19FO3. The Balaban J connectivity index is 1.63. The summed E-state index contributed by atoms with van der Waals surface area (Å²) in [7, 11) is 0. The van der Waals surface area contributed by atoms with Gasteiger partial charge in [0, 0.05) is 6.42 Å². The Morgan fingerprint density at radius 2 is 1.59 bits per heavy atom. The molecule has 0 aliphatic carbocycles. The van der Waals surface area contributed by atoms with Crippen LogP contribution in [-0.4, -0.2) is 11.1 Å². The van der Waals surface area contributed by atoms with Crippen molar-refractivity contribution in [2.45, 2.75) is 13.0 Å². The highest BCUT2D eigenvalue weighted by atomic mass is 19.1. The molecule has 4 aromatic carbocycles. The smallest absolute Gasteiger partial charge is 0.339 e. The summed E-state index contributed by atoms with van der Waals surface area (Å²) < 4.78 is 19.9. The highest BCUT2D eigenvalue weighted by Gasteiger charge is 2.14. The van der Waals surface area contributed by atoms with Crippen LogP contribution >= 0.6 is 0 Å². The number of hydrogen-bond acceptors (Lipinski definition) is 2. The number of fused-ring (bicyclic) bond motifs is 1. The molecule has 0 aliphatic heterocycles. The number of rotatable bonds is 6. The largest absolute Gasteiger partial charge is 0.488 e. The molecule has 0 heterocycles. The lowest BCUT2D eigenvalue weighted by atomic mass is 10.0. The molecule has 0 saturated heterocycles. The number of hydrogen-bond donors (Lipinski definition) is 1. The standard InChI is InChI=1S/C25H19FO3/c26-23-11-4-2-7-19(23)14-17-12-13-22(25(27)28)24(15-17)29-16-20-9-5-8-18-6-1-3-10-21(18)20/h1-13,15H,14,16H2,(H,27,28). The number of halogens is 1. The van der Waals surface area contributed by atoms with Gasteiger partial charge in [0.1, 0.15) is 23.7 Å². The van der Waals surface area contributed by atoms with E-state index in [1.165, 1.54) is 12.1 Å². The molecule has 4 heteroatoms. The Kier molecular flexibility index (Phi) is 5.25. The third-order valence-corrected chi connectivity index (χ3v) is 4.89. The first-order valence-corrected chi connectivity index (χ1v) is 9.31. The predicted octanol–water partition coefficient (Wildman–Crippen LogP) is 5.85. The maximum absolute atomic E-state index is 14.0. The van der Waals surface area contributed by atoms with Gasteiger partial charge < -0.3 is 9.84 Å². The van der Waals surface area contributed by atoms with Crippen LogP contribution in [-0.2, 0) is 13.0 Å². The minimum atomic E-state index is -1.06. The fourth-order valence-electron chi connectivity index (χ4n) is 3.41. The van der Waals surface area contributed by atoms with E-state index in [4.69, 9.17) is 4.74 Å². The first-order valence-electron chi connectivity index (χ1n) is 9.31. The van der Waals surface area contributed by atoms with Gasteiger partial charge in [0.25, 0.3) is 0 Å². The second-order valence-electron chi connectivity index (χ2n) is 6.83. The number of carboxylic acid groups (broad SMARTS) is 1. The van der Waals surface area contributed by atoms with Gasteiger partial charge in [0.15, 0.2) is 0 Å². The van der Waals surface area contributed by atoms with Crippen molar-refractivity contribution in [3.63, 3.8) is 0 Å². The molecule has 4 aromatic rings. The topological polar surface area (TPSA) is 46.5 Å². The Labute approximate surface area is 168 Å². The van der Waals surface area contributed by atoms with Gasteiger partial charge in [-0.2, -0.15) is 0 Å². The molecule has 4 rings (SSSR count). The van der Waals surface area contributed by atoms with Crippen LogP contribution in [0.25, 0.3) is 10.8 Å². The first kappa shape index (κ1) is 18.7. The van der Waals surface area contributed by atoms with Crippen molar-refractivity contribution in [2.75, 3.05) is 0 Å². The summed E-state index contributed by atoms with van der Waals surface area (Å²) >= 11 is 0. The van der Waals surface area contributed by atoms with E-state index in [9.17, 15) is 14.3 Å². The van der Waals surface area contributed by atoms with Gasteiger partial charge in [0.05, 0.1) is 0 Å². The van der Waals surface area contributed by atoms with Crippen LogP contribution in [0.1, 0.15) is 27.0 Å². The van der Waals surface area contributed by atoms with E-state index in [1.807, 2.05) is 42.5 Å². The zero-order valence-corrected chi connectivity index (χ0v) is 15.6. The van der Waals surface area contributed by atoms with Crippen LogP contribution < -0.4 is 4.74 Å². The number of benzene rings is 4. The van der Waals surface area contributed by atoms with E-state index >= 15 is 0 Å². The third-order valence-electron chi connectivity index (χ3n) is 4.89. The van der Waals surface area contributed by atoms with Crippen molar-refractivity contribution in [1.29, 1.82) is 0 Å². The minimum Gasteiger partial charge on any atom is -0.488 e. The lowest BCUT2D eigenvalue weighted by molar-refractivity contribution is 0.0691. The average molecular weight is 386 g/mol. The highest BCUT2D eigenvalue weighted by Crippen LogP contribution is 2.26. The van der Waals surface area contributed by atoms with E-state index in [0.717, 1.165) is 21.9 Å². The van der Waals surface area contributed by atoms with Crippen molar-refractivity contribution in [3.8, 4) is 5.75 Å². The van der Waals surface area contributed by atoms with Crippen molar-refractivity contribution in [1.82, 2.24) is 0 Å². The summed E-state index contributed by atoms with van der Waals surface area (Å²) in [6.45, 7) is 0.241. The van der Waals surface area contributed by atoms with E-state index in [0.29, 0.717) is 12.0 Å². The molecule has 0 aliphatic rings. The predicted molar refractivity (Wildman–Crippen MR) is 111 cm³/mol. The van der Waals surface area contributed by atoms with Crippen LogP contribution in [0.15, 0.2) is 84.9 Å². The summed E-state index contributed by atoms with van der Waals surface area (Å²) in [6.07, 6.45) is 0.358. The van der Waals surface area contributed by atoms with Gasteiger partial charge in [-0.3, -0.25) is 0 Å². The quantitative estimate of drug-likeness (QED) is 0.452. The highest BCUT2D eigenvalue weighted by molar-refractivity contribution is 5.91. The monoisotopic (exact) mass is 386 g/mol. The van der Waals surface area contributed by atoms with E-state index in [1.54, 1.807) is 30.3 Å². The Bertz CT molecular complexity index is 1180. The van der Waals surface area contributed by atoms with Crippen molar-refractivity contribution < 1.29 is 19.0 Å². The summed E-state index contributed by atoms with van der Waals surface area (Å²) in [5.74, 6) is -1.07. The number of aromatic carboxylic acids is 1. The molecule has 0 radical (unpaired) electrons. The van der Waals surface area contributed by atoms with Crippen LogP contribution in [0.3, 0.4) is 0 Å². The van der Waals surface area contributed by atoms with Crippen LogP contribution in [0.2, 0.25) is 0 Å². The molecule has 0 unspecified atom stereocenters. The molecule has 29 heavy (non-hydrogen) atoms. The number of carbonyl (C=O) groups is 1. The van der Waals surface area contributed by atoms with Gasteiger partial charge in [-0.15, -0.1) is 0 Å². The minimum absolute atomic E-state index is 0.0857. The molecule has 0 saturated carbocycles. The molecule has 0 fully saturated rings. The zero-order chi connectivity index (χ0) is 20.2.